The summed E-state index contributed by atoms with van der Waals surface area (Å²) in [6.07, 6.45) is 8.07. The molecule has 2 rings (SSSR count). The normalized spacial score (nSPS) is 29.0. The summed E-state index contributed by atoms with van der Waals surface area (Å²) in [5, 5.41) is 3.22. The van der Waals surface area contributed by atoms with Gasteiger partial charge in [-0.2, -0.15) is 0 Å². The maximum atomic E-state index is 11.7. The summed E-state index contributed by atoms with van der Waals surface area (Å²) in [7, 11) is 0. The number of esters is 1. The van der Waals surface area contributed by atoms with E-state index in [-0.39, 0.29) is 18.1 Å². The zero-order chi connectivity index (χ0) is 9.80. The van der Waals surface area contributed by atoms with Crippen molar-refractivity contribution in [2.45, 2.75) is 57.1 Å². The molecule has 14 heavy (non-hydrogen) atoms. The predicted octanol–water partition coefficient (Wildman–Crippen LogP) is 1.61. The number of piperidine rings is 1. The number of ether oxygens (including phenoxy) is 1. The summed E-state index contributed by atoms with van der Waals surface area (Å²) in [4.78, 5) is 11.7. The lowest BCUT2D eigenvalue weighted by atomic mass is 10.1. The molecule has 0 radical (unpaired) electrons. The molecule has 0 spiro atoms. The minimum Gasteiger partial charge on any atom is -0.461 e. The summed E-state index contributed by atoms with van der Waals surface area (Å²) in [5.74, 6) is -0.0170. The lowest BCUT2D eigenvalue weighted by molar-refractivity contribution is -0.151. The lowest BCUT2D eigenvalue weighted by Crippen LogP contribution is -2.42. The summed E-state index contributed by atoms with van der Waals surface area (Å²) in [6.45, 7) is 0.963. The molecule has 0 unspecified atom stereocenters. The second kappa shape index (κ2) is 4.78. The van der Waals surface area contributed by atoms with Crippen LogP contribution in [0.25, 0.3) is 0 Å². The first-order chi connectivity index (χ1) is 6.86. The van der Waals surface area contributed by atoms with Crippen molar-refractivity contribution in [3.8, 4) is 0 Å². The molecule has 2 fully saturated rings. The Morgan fingerprint density at radius 3 is 2.43 bits per heavy atom. The predicted molar refractivity (Wildman–Crippen MR) is 54.0 cm³/mol. The molecule has 0 bridgehead atoms. The fraction of sp³-hybridized carbons (Fsp3) is 0.909. The highest BCUT2D eigenvalue weighted by Gasteiger charge is 2.26. The zero-order valence-electron chi connectivity index (χ0n) is 8.63. The first-order valence-electron chi connectivity index (χ1n) is 5.80. The molecular weight excluding hydrogens is 178 g/mol. The third-order valence-electron chi connectivity index (χ3n) is 3.18. The topological polar surface area (TPSA) is 38.3 Å². The van der Waals surface area contributed by atoms with Gasteiger partial charge in [0, 0.05) is 0 Å². The van der Waals surface area contributed by atoms with Gasteiger partial charge in [-0.1, -0.05) is 6.42 Å². The molecule has 1 aliphatic carbocycles. The van der Waals surface area contributed by atoms with Crippen LogP contribution in [0.5, 0.6) is 0 Å². The highest BCUT2D eigenvalue weighted by molar-refractivity contribution is 5.76. The summed E-state index contributed by atoms with van der Waals surface area (Å²) in [5.41, 5.74) is 0. The van der Waals surface area contributed by atoms with Crippen molar-refractivity contribution in [3.63, 3.8) is 0 Å². The standard InChI is InChI=1S/C11H19NO2/c13-11(10-7-3-4-8-12-10)14-9-5-1-2-6-9/h9-10,12H,1-8H2/t10-/m1/s1. The van der Waals surface area contributed by atoms with Crippen LogP contribution in [0.4, 0.5) is 0 Å². The zero-order valence-corrected chi connectivity index (χ0v) is 8.63. The molecule has 1 atom stereocenters. The number of hydrogen-bond acceptors (Lipinski definition) is 3. The number of nitrogens with one attached hydrogen (secondary N) is 1. The van der Waals surface area contributed by atoms with Gasteiger partial charge in [-0.05, 0) is 45.1 Å². The molecule has 0 aromatic rings. The van der Waals surface area contributed by atoms with Gasteiger partial charge in [-0.25, -0.2) is 0 Å². The van der Waals surface area contributed by atoms with Crippen LogP contribution < -0.4 is 5.32 Å². The van der Waals surface area contributed by atoms with Crippen molar-refractivity contribution in [1.29, 1.82) is 0 Å². The average Bonchev–Trinajstić information content (AvgIpc) is 2.72. The quantitative estimate of drug-likeness (QED) is 0.683. The van der Waals surface area contributed by atoms with Crippen LogP contribution >= 0.6 is 0 Å². The van der Waals surface area contributed by atoms with E-state index in [4.69, 9.17) is 4.74 Å². The molecule has 0 aromatic heterocycles. The fourth-order valence-electron chi connectivity index (χ4n) is 2.31. The molecule has 1 N–H and O–H groups in total. The van der Waals surface area contributed by atoms with Crippen LogP contribution in [-0.4, -0.2) is 24.7 Å². The molecule has 1 saturated carbocycles. The molecule has 1 aliphatic heterocycles. The van der Waals surface area contributed by atoms with E-state index >= 15 is 0 Å². The van der Waals surface area contributed by atoms with E-state index in [9.17, 15) is 4.79 Å². The SMILES string of the molecule is O=C(OC1CCCC1)[C@H]1CCCCN1. The van der Waals surface area contributed by atoms with Gasteiger partial charge in [-0.3, -0.25) is 4.79 Å². The van der Waals surface area contributed by atoms with E-state index in [1.54, 1.807) is 0 Å². The van der Waals surface area contributed by atoms with Crippen molar-refractivity contribution in [2.24, 2.45) is 0 Å². The Morgan fingerprint density at radius 2 is 1.79 bits per heavy atom. The molecule has 0 aromatic carbocycles. The van der Waals surface area contributed by atoms with Crippen LogP contribution in [0.1, 0.15) is 44.9 Å². The highest BCUT2D eigenvalue weighted by Crippen LogP contribution is 2.22. The number of carbonyl (C=O) groups excluding carboxylic acids is 1. The second-order valence-electron chi connectivity index (χ2n) is 4.35. The van der Waals surface area contributed by atoms with Crippen LogP contribution in [0.3, 0.4) is 0 Å². The van der Waals surface area contributed by atoms with E-state index in [1.165, 1.54) is 19.3 Å². The first-order valence-corrected chi connectivity index (χ1v) is 5.80. The minimum atomic E-state index is -0.0238. The summed E-state index contributed by atoms with van der Waals surface area (Å²) in [6, 6.07) is -0.0238. The van der Waals surface area contributed by atoms with Gasteiger partial charge < -0.3 is 10.1 Å². The van der Waals surface area contributed by atoms with Crippen LogP contribution in [0.15, 0.2) is 0 Å². The van der Waals surface area contributed by atoms with Gasteiger partial charge in [-0.15, -0.1) is 0 Å². The van der Waals surface area contributed by atoms with E-state index < -0.39 is 0 Å². The van der Waals surface area contributed by atoms with E-state index in [1.807, 2.05) is 0 Å². The van der Waals surface area contributed by atoms with Crippen molar-refractivity contribution in [3.05, 3.63) is 0 Å². The molecule has 2 aliphatic rings. The Kier molecular flexibility index (Phi) is 3.40. The smallest absolute Gasteiger partial charge is 0.323 e. The van der Waals surface area contributed by atoms with E-state index in [2.05, 4.69) is 5.32 Å². The third kappa shape index (κ3) is 2.47. The van der Waals surface area contributed by atoms with Gasteiger partial charge in [0.25, 0.3) is 0 Å². The van der Waals surface area contributed by atoms with Crippen molar-refractivity contribution in [2.75, 3.05) is 6.54 Å². The lowest BCUT2D eigenvalue weighted by Gasteiger charge is -2.23. The van der Waals surface area contributed by atoms with Gasteiger partial charge in [0.1, 0.15) is 12.1 Å². The summed E-state index contributed by atoms with van der Waals surface area (Å²) >= 11 is 0. The van der Waals surface area contributed by atoms with Gasteiger partial charge >= 0.3 is 5.97 Å². The first kappa shape index (κ1) is 9.97. The number of hydrogen-bond donors (Lipinski definition) is 1. The molecule has 0 amide bonds. The Bertz CT molecular complexity index is 193. The molecule has 3 heteroatoms. The monoisotopic (exact) mass is 197 g/mol. The number of carbonyl (C=O) groups is 1. The maximum absolute atomic E-state index is 11.7. The summed E-state index contributed by atoms with van der Waals surface area (Å²) < 4.78 is 5.45. The van der Waals surface area contributed by atoms with E-state index in [0.29, 0.717) is 0 Å². The van der Waals surface area contributed by atoms with Crippen LogP contribution in [0.2, 0.25) is 0 Å². The minimum absolute atomic E-state index is 0.0170. The Hall–Kier alpha value is -0.570. The largest absolute Gasteiger partial charge is 0.461 e. The molecule has 80 valence electrons. The van der Waals surface area contributed by atoms with Gasteiger partial charge in [0.05, 0.1) is 0 Å². The van der Waals surface area contributed by atoms with Crippen molar-refractivity contribution >= 4 is 5.97 Å². The van der Waals surface area contributed by atoms with Gasteiger partial charge in [0.2, 0.25) is 0 Å². The molecule has 3 nitrogen and oxygen atoms in total. The van der Waals surface area contributed by atoms with E-state index in [0.717, 1.165) is 32.2 Å². The Balaban J connectivity index is 1.75. The fourth-order valence-corrected chi connectivity index (χ4v) is 2.31. The van der Waals surface area contributed by atoms with Crippen LogP contribution in [0, 0.1) is 0 Å². The Morgan fingerprint density at radius 1 is 1.07 bits per heavy atom. The van der Waals surface area contributed by atoms with Crippen molar-refractivity contribution < 1.29 is 9.53 Å². The second-order valence-corrected chi connectivity index (χ2v) is 4.35. The average molecular weight is 197 g/mol. The van der Waals surface area contributed by atoms with Crippen LogP contribution in [-0.2, 0) is 9.53 Å². The molecule has 1 heterocycles. The third-order valence-corrected chi connectivity index (χ3v) is 3.18. The number of rotatable bonds is 2. The Labute approximate surface area is 85.2 Å². The van der Waals surface area contributed by atoms with Gasteiger partial charge in [0.15, 0.2) is 0 Å². The highest BCUT2D eigenvalue weighted by atomic mass is 16.5. The maximum Gasteiger partial charge on any atom is 0.323 e. The molecular formula is C11H19NO2. The molecule has 1 saturated heterocycles. The van der Waals surface area contributed by atoms with Crippen molar-refractivity contribution in [1.82, 2.24) is 5.32 Å².